The molecule has 7 nitrogen and oxygen atoms in total. The zero-order valence-electron chi connectivity index (χ0n) is 19.0. The Bertz CT molecular complexity index is 889. The Morgan fingerprint density at radius 1 is 1.03 bits per heavy atom. The number of nitrogens with one attached hydrogen (secondary N) is 1. The number of carboxylic acids is 1. The molecule has 2 aromatic carbocycles. The number of aliphatic carboxylic acids is 1. The van der Waals surface area contributed by atoms with Crippen LogP contribution in [0.4, 0.5) is 0 Å². The number of ether oxygens (including phenoxy) is 1. The van der Waals surface area contributed by atoms with Crippen LogP contribution in [-0.4, -0.2) is 60.1 Å². The average Bonchev–Trinajstić information content (AvgIpc) is 2.80. The normalized spacial score (nSPS) is 11.8. The molecular formula is C25H34N2O5. The van der Waals surface area contributed by atoms with Crippen molar-refractivity contribution in [3.05, 3.63) is 48.0 Å². The number of nitrogens with zero attached hydrogens (tertiary/aromatic N) is 1. The minimum absolute atomic E-state index is 0.0341. The molecule has 0 aliphatic rings. The lowest BCUT2D eigenvalue weighted by Gasteiger charge is -2.28. The number of carboxylic acid groups (broad SMARTS) is 1. The number of benzene rings is 2. The maximum atomic E-state index is 13.3. The van der Waals surface area contributed by atoms with E-state index in [4.69, 9.17) is 9.84 Å². The number of rotatable bonds is 14. The number of fused-ring (bicyclic) bond motifs is 1. The van der Waals surface area contributed by atoms with Crippen molar-refractivity contribution < 1.29 is 24.2 Å². The highest BCUT2D eigenvalue weighted by Crippen LogP contribution is 2.16. The molecule has 0 saturated carbocycles. The molecule has 2 aromatic rings. The highest BCUT2D eigenvalue weighted by molar-refractivity contribution is 6.00. The number of carbonyl (C=O) groups is 3. The fraction of sp³-hybridized carbons (Fsp3) is 0.480. The van der Waals surface area contributed by atoms with Gasteiger partial charge in [-0.1, -0.05) is 50.1 Å². The molecule has 0 heterocycles. The van der Waals surface area contributed by atoms with Gasteiger partial charge >= 0.3 is 5.97 Å². The highest BCUT2D eigenvalue weighted by Gasteiger charge is 2.27. The third-order valence-corrected chi connectivity index (χ3v) is 5.31. The Morgan fingerprint density at radius 2 is 1.78 bits per heavy atom. The molecule has 2 N–H and O–H groups in total. The van der Waals surface area contributed by atoms with Gasteiger partial charge in [-0.2, -0.15) is 0 Å². The fourth-order valence-corrected chi connectivity index (χ4v) is 3.52. The van der Waals surface area contributed by atoms with Gasteiger partial charge in [-0.05, 0) is 42.7 Å². The summed E-state index contributed by atoms with van der Waals surface area (Å²) in [5.74, 6) is -1.66. The molecule has 1 atom stereocenters. The Hall–Kier alpha value is -2.93. The summed E-state index contributed by atoms with van der Waals surface area (Å²) in [6, 6.07) is 12.1. The third kappa shape index (κ3) is 7.96. The number of hydrogen-bond acceptors (Lipinski definition) is 4. The van der Waals surface area contributed by atoms with E-state index in [1.807, 2.05) is 37.3 Å². The first kappa shape index (κ1) is 25.3. The van der Waals surface area contributed by atoms with E-state index < -0.39 is 17.9 Å². The summed E-state index contributed by atoms with van der Waals surface area (Å²) >= 11 is 0. The quantitative estimate of drug-likeness (QED) is 0.433. The van der Waals surface area contributed by atoms with Crippen molar-refractivity contribution in [1.29, 1.82) is 0 Å². The Kier molecular flexibility index (Phi) is 10.7. The van der Waals surface area contributed by atoms with Gasteiger partial charge in [-0.15, -0.1) is 0 Å². The van der Waals surface area contributed by atoms with Crippen molar-refractivity contribution in [3.8, 4) is 0 Å². The Labute approximate surface area is 189 Å². The topological polar surface area (TPSA) is 95.9 Å². The van der Waals surface area contributed by atoms with Crippen molar-refractivity contribution in [2.75, 3.05) is 26.3 Å². The largest absolute Gasteiger partial charge is 0.481 e. The minimum Gasteiger partial charge on any atom is -0.481 e. The molecule has 2 amide bonds. The zero-order valence-corrected chi connectivity index (χ0v) is 19.0. The first-order valence-electron chi connectivity index (χ1n) is 11.3. The lowest BCUT2D eigenvalue weighted by Crippen LogP contribution is -2.50. The lowest BCUT2D eigenvalue weighted by atomic mass is 10.1. The first-order chi connectivity index (χ1) is 15.5. The first-order valence-corrected chi connectivity index (χ1v) is 11.3. The van der Waals surface area contributed by atoms with Crippen LogP contribution in [0.3, 0.4) is 0 Å². The van der Waals surface area contributed by atoms with Crippen LogP contribution in [0.1, 0.15) is 56.3 Å². The molecule has 0 spiro atoms. The maximum Gasteiger partial charge on any atom is 0.303 e. The van der Waals surface area contributed by atoms with Crippen LogP contribution in [0.2, 0.25) is 0 Å². The molecule has 0 aliphatic heterocycles. The molecule has 0 aromatic heterocycles. The second-order valence-electron chi connectivity index (χ2n) is 7.75. The van der Waals surface area contributed by atoms with E-state index in [-0.39, 0.29) is 18.7 Å². The van der Waals surface area contributed by atoms with Crippen LogP contribution < -0.4 is 5.32 Å². The van der Waals surface area contributed by atoms with Crippen LogP contribution in [0.15, 0.2) is 42.5 Å². The van der Waals surface area contributed by atoms with Gasteiger partial charge in [0.05, 0.1) is 6.61 Å². The van der Waals surface area contributed by atoms with Crippen molar-refractivity contribution in [3.63, 3.8) is 0 Å². The summed E-state index contributed by atoms with van der Waals surface area (Å²) < 4.78 is 5.41. The molecule has 0 saturated heterocycles. The molecule has 0 bridgehead atoms. The summed E-state index contributed by atoms with van der Waals surface area (Å²) in [6.07, 6.45) is 2.68. The van der Waals surface area contributed by atoms with Crippen LogP contribution in [0, 0.1) is 0 Å². The Morgan fingerprint density at radius 3 is 2.47 bits per heavy atom. The summed E-state index contributed by atoms with van der Waals surface area (Å²) in [4.78, 5) is 39.1. The van der Waals surface area contributed by atoms with Gasteiger partial charge in [0.2, 0.25) is 5.91 Å². The van der Waals surface area contributed by atoms with Crippen molar-refractivity contribution >= 4 is 28.6 Å². The van der Waals surface area contributed by atoms with E-state index in [2.05, 4.69) is 12.2 Å². The summed E-state index contributed by atoms with van der Waals surface area (Å²) in [5, 5.41) is 13.9. The second kappa shape index (κ2) is 13.5. The standard InChI is InChI=1S/C25H34N2O5/c1-3-5-8-15-27(16-17-32-4-2)25(31)22(13-14-23(28)29)26-24(30)21-12-11-19-9-6-7-10-20(19)18-21/h6-7,9-12,18,22H,3-5,8,13-17H2,1-2H3,(H,26,30)(H,28,29). The van der Waals surface area contributed by atoms with Crippen LogP contribution in [0.25, 0.3) is 10.8 Å². The van der Waals surface area contributed by atoms with Crippen molar-refractivity contribution in [2.45, 2.75) is 52.0 Å². The van der Waals surface area contributed by atoms with E-state index in [9.17, 15) is 14.4 Å². The van der Waals surface area contributed by atoms with Gasteiger partial charge in [-0.25, -0.2) is 0 Å². The molecule has 174 valence electrons. The molecule has 1 unspecified atom stereocenters. The number of amides is 2. The van der Waals surface area contributed by atoms with Crippen LogP contribution in [-0.2, 0) is 14.3 Å². The lowest BCUT2D eigenvalue weighted by molar-refractivity contribution is -0.138. The third-order valence-electron chi connectivity index (χ3n) is 5.31. The van der Waals surface area contributed by atoms with E-state index in [1.54, 1.807) is 17.0 Å². The van der Waals surface area contributed by atoms with Crippen LogP contribution in [0.5, 0.6) is 0 Å². The Balaban J connectivity index is 2.17. The van der Waals surface area contributed by atoms with E-state index in [0.29, 0.717) is 31.9 Å². The zero-order chi connectivity index (χ0) is 23.3. The predicted molar refractivity (Wildman–Crippen MR) is 125 cm³/mol. The summed E-state index contributed by atoms with van der Waals surface area (Å²) in [5.41, 5.74) is 0.434. The van der Waals surface area contributed by atoms with Gasteiger partial charge in [0.15, 0.2) is 0 Å². The van der Waals surface area contributed by atoms with Crippen LogP contribution >= 0.6 is 0 Å². The van der Waals surface area contributed by atoms with E-state index in [1.165, 1.54) is 0 Å². The van der Waals surface area contributed by atoms with Gasteiger partial charge in [0.25, 0.3) is 5.91 Å². The molecule has 7 heteroatoms. The molecule has 0 radical (unpaired) electrons. The number of carbonyl (C=O) groups excluding carboxylic acids is 2. The number of hydrogen-bond donors (Lipinski definition) is 2. The predicted octanol–water partition coefficient (Wildman–Crippen LogP) is 3.86. The molecular weight excluding hydrogens is 408 g/mol. The van der Waals surface area contributed by atoms with Crippen molar-refractivity contribution in [1.82, 2.24) is 10.2 Å². The average molecular weight is 443 g/mol. The summed E-state index contributed by atoms with van der Waals surface area (Å²) in [7, 11) is 0. The van der Waals surface area contributed by atoms with Gasteiger partial charge in [0, 0.05) is 31.7 Å². The van der Waals surface area contributed by atoms with Gasteiger partial charge in [0.1, 0.15) is 6.04 Å². The second-order valence-corrected chi connectivity index (χ2v) is 7.75. The van der Waals surface area contributed by atoms with Gasteiger partial charge in [-0.3, -0.25) is 14.4 Å². The summed E-state index contributed by atoms with van der Waals surface area (Å²) in [6.45, 7) is 5.90. The maximum absolute atomic E-state index is 13.3. The highest BCUT2D eigenvalue weighted by atomic mass is 16.5. The van der Waals surface area contributed by atoms with E-state index >= 15 is 0 Å². The molecule has 0 fully saturated rings. The fourth-order valence-electron chi connectivity index (χ4n) is 3.52. The SMILES string of the molecule is CCCCCN(CCOCC)C(=O)C(CCC(=O)O)NC(=O)c1ccc2ccccc2c1. The molecule has 32 heavy (non-hydrogen) atoms. The molecule has 2 rings (SSSR count). The monoisotopic (exact) mass is 442 g/mol. The van der Waals surface area contributed by atoms with Crippen molar-refractivity contribution in [2.24, 2.45) is 0 Å². The van der Waals surface area contributed by atoms with E-state index in [0.717, 1.165) is 30.0 Å². The number of unbranched alkanes of at least 4 members (excludes halogenated alkanes) is 2. The van der Waals surface area contributed by atoms with Gasteiger partial charge < -0.3 is 20.1 Å². The smallest absolute Gasteiger partial charge is 0.303 e. The minimum atomic E-state index is -1.00. The molecule has 0 aliphatic carbocycles.